The predicted octanol–water partition coefficient (Wildman–Crippen LogP) is 2.06. The molecular formula is C14H15NO4. The van der Waals surface area contributed by atoms with Gasteiger partial charge >= 0.3 is 5.97 Å². The molecule has 0 saturated carbocycles. The van der Waals surface area contributed by atoms with E-state index in [4.69, 9.17) is 9.15 Å². The van der Waals surface area contributed by atoms with Gasteiger partial charge in [-0.15, -0.1) is 0 Å². The Labute approximate surface area is 110 Å². The molecule has 0 bridgehead atoms. The zero-order valence-corrected chi connectivity index (χ0v) is 10.7. The Morgan fingerprint density at radius 2 is 2.21 bits per heavy atom. The molecule has 5 nitrogen and oxygen atoms in total. The van der Waals surface area contributed by atoms with Crippen molar-refractivity contribution in [1.29, 1.82) is 0 Å². The number of carbonyl (C=O) groups excluding carboxylic acids is 1. The minimum absolute atomic E-state index is 0.153. The SMILES string of the molecule is CCOC(=O)CCn1cc(-c2ccco2)ccc1=O. The van der Waals surface area contributed by atoms with Crippen molar-refractivity contribution in [2.45, 2.75) is 19.9 Å². The first-order valence-corrected chi connectivity index (χ1v) is 6.10. The van der Waals surface area contributed by atoms with Crippen LogP contribution in [0.3, 0.4) is 0 Å². The molecule has 0 spiro atoms. The molecule has 0 aliphatic carbocycles. The highest BCUT2D eigenvalue weighted by atomic mass is 16.5. The summed E-state index contributed by atoms with van der Waals surface area (Å²) in [4.78, 5) is 23.0. The number of carbonyl (C=O) groups is 1. The van der Waals surface area contributed by atoms with Gasteiger partial charge in [0.05, 0.1) is 19.3 Å². The third-order valence-electron chi connectivity index (χ3n) is 2.65. The number of aromatic nitrogens is 1. The Kier molecular flexibility index (Phi) is 4.18. The van der Waals surface area contributed by atoms with Gasteiger partial charge in [0.15, 0.2) is 0 Å². The van der Waals surface area contributed by atoms with Gasteiger partial charge in [-0.3, -0.25) is 9.59 Å². The number of esters is 1. The van der Waals surface area contributed by atoms with E-state index in [1.165, 1.54) is 10.6 Å². The number of aryl methyl sites for hydroxylation is 1. The minimum atomic E-state index is -0.308. The third kappa shape index (κ3) is 3.34. The maximum absolute atomic E-state index is 11.7. The first-order valence-electron chi connectivity index (χ1n) is 6.10. The molecule has 0 aliphatic heterocycles. The lowest BCUT2D eigenvalue weighted by molar-refractivity contribution is -0.143. The van der Waals surface area contributed by atoms with Gasteiger partial charge in [-0.1, -0.05) is 0 Å². The average Bonchev–Trinajstić information content (AvgIpc) is 2.92. The summed E-state index contributed by atoms with van der Waals surface area (Å²) < 4.78 is 11.6. The number of hydrogen-bond donors (Lipinski definition) is 0. The Morgan fingerprint density at radius 3 is 2.89 bits per heavy atom. The van der Waals surface area contributed by atoms with Gasteiger partial charge in [0.25, 0.3) is 5.56 Å². The van der Waals surface area contributed by atoms with Crippen molar-refractivity contribution in [2.24, 2.45) is 0 Å². The highest BCUT2D eigenvalue weighted by molar-refractivity contribution is 5.69. The van der Waals surface area contributed by atoms with Crippen LogP contribution in [-0.4, -0.2) is 17.1 Å². The molecule has 0 fully saturated rings. The smallest absolute Gasteiger partial charge is 0.307 e. The largest absolute Gasteiger partial charge is 0.466 e. The van der Waals surface area contributed by atoms with E-state index < -0.39 is 0 Å². The lowest BCUT2D eigenvalue weighted by Crippen LogP contribution is -2.20. The Bertz CT molecular complexity index is 598. The van der Waals surface area contributed by atoms with Crippen molar-refractivity contribution in [3.63, 3.8) is 0 Å². The van der Waals surface area contributed by atoms with Crippen LogP contribution in [0.5, 0.6) is 0 Å². The van der Waals surface area contributed by atoms with Crippen LogP contribution in [0.15, 0.2) is 45.9 Å². The summed E-state index contributed by atoms with van der Waals surface area (Å²) in [6, 6.07) is 6.75. The highest BCUT2D eigenvalue weighted by Crippen LogP contribution is 2.17. The van der Waals surface area contributed by atoms with Gasteiger partial charge in [0, 0.05) is 24.4 Å². The molecule has 0 aromatic carbocycles. The van der Waals surface area contributed by atoms with E-state index in [-0.39, 0.29) is 17.9 Å². The number of pyridine rings is 1. The summed E-state index contributed by atoms with van der Waals surface area (Å²) in [5.41, 5.74) is 0.646. The lowest BCUT2D eigenvalue weighted by atomic mass is 10.2. The second-order valence-electron chi connectivity index (χ2n) is 3.98. The van der Waals surface area contributed by atoms with Crippen LogP contribution in [0, 0.1) is 0 Å². The molecule has 0 radical (unpaired) electrons. The average molecular weight is 261 g/mol. The standard InChI is InChI=1S/C14H15NO4/c1-2-18-14(17)7-8-15-10-11(5-6-13(15)16)12-4-3-9-19-12/h3-6,9-10H,2,7-8H2,1H3. The number of ether oxygens (including phenoxy) is 1. The summed E-state index contributed by atoms with van der Waals surface area (Å²) in [5, 5.41) is 0. The maximum atomic E-state index is 11.7. The molecular weight excluding hydrogens is 246 g/mol. The van der Waals surface area contributed by atoms with Crippen LogP contribution in [0.2, 0.25) is 0 Å². The molecule has 5 heteroatoms. The van der Waals surface area contributed by atoms with E-state index in [2.05, 4.69) is 0 Å². The van der Waals surface area contributed by atoms with E-state index in [0.29, 0.717) is 18.9 Å². The quantitative estimate of drug-likeness (QED) is 0.773. The molecule has 0 N–H and O–H groups in total. The lowest BCUT2D eigenvalue weighted by Gasteiger charge is -2.06. The molecule has 2 heterocycles. The van der Waals surface area contributed by atoms with Gasteiger partial charge in [0.2, 0.25) is 0 Å². The molecule has 0 amide bonds. The summed E-state index contributed by atoms with van der Waals surface area (Å²) in [6.45, 7) is 2.40. The van der Waals surface area contributed by atoms with Gasteiger partial charge < -0.3 is 13.7 Å². The van der Waals surface area contributed by atoms with Crippen molar-refractivity contribution in [3.05, 3.63) is 47.1 Å². The number of furan rings is 1. The summed E-state index contributed by atoms with van der Waals surface area (Å²) in [7, 11) is 0. The number of rotatable bonds is 5. The summed E-state index contributed by atoms with van der Waals surface area (Å²) >= 11 is 0. The van der Waals surface area contributed by atoms with Gasteiger partial charge in [-0.2, -0.15) is 0 Å². The van der Waals surface area contributed by atoms with Gasteiger partial charge in [0.1, 0.15) is 5.76 Å². The van der Waals surface area contributed by atoms with Crippen LogP contribution in [0.1, 0.15) is 13.3 Å². The van der Waals surface area contributed by atoms with Crippen molar-refractivity contribution >= 4 is 5.97 Å². The van der Waals surface area contributed by atoms with E-state index in [1.807, 2.05) is 6.07 Å². The molecule has 2 aromatic heterocycles. The molecule has 0 unspecified atom stereocenters. The predicted molar refractivity (Wildman–Crippen MR) is 69.7 cm³/mol. The van der Waals surface area contributed by atoms with Crippen LogP contribution in [-0.2, 0) is 16.1 Å². The summed E-state index contributed by atoms with van der Waals surface area (Å²) in [5.74, 6) is 0.377. The maximum Gasteiger partial charge on any atom is 0.307 e. The van der Waals surface area contributed by atoms with Crippen molar-refractivity contribution in [3.8, 4) is 11.3 Å². The molecule has 0 aliphatic rings. The molecule has 100 valence electrons. The number of nitrogens with zero attached hydrogens (tertiary/aromatic N) is 1. The fourth-order valence-electron chi connectivity index (χ4n) is 1.74. The van der Waals surface area contributed by atoms with Crippen LogP contribution < -0.4 is 5.56 Å². The molecule has 2 aromatic rings. The van der Waals surface area contributed by atoms with Gasteiger partial charge in [-0.25, -0.2) is 0 Å². The molecule has 19 heavy (non-hydrogen) atoms. The Morgan fingerprint density at radius 1 is 1.37 bits per heavy atom. The van der Waals surface area contributed by atoms with Gasteiger partial charge in [-0.05, 0) is 25.1 Å². The Balaban J connectivity index is 2.14. The minimum Gasteiger partial charge on any atom is -0.466 e. The normalized spacial score (nSPS) is 10.4. The first-order chi connectivity index (χ1) is 9.20. The molecule has 2 rings (SSSR count). The monoisotopic (exact) mass is 261 g/mol. The number of hydrogen-bond acceptors (Lipinski definition) is 4. The van der Waals surface area contributed by atoms with Crippen LogP contribution in [0.25, 0.3) is 11.3 Å². The molecule has 0 atom stereocenters. The van der Waals surface area contributed by atoms with Crippen LogP contribution >= 0.6 is 0 Å². The Hall–Kier alpha value is -2.30. The zero-order valence-electron chi connectivity index (χ0n) is 10.7. The van der Waals surface area contributed by atoms with E-state index >= 15 is 0 Å². The zero-order chi connectivity index (χ0) is 13.7. The second kappa shape index (κ2) is 6.04. The van der Waals surface area contributed by atoms with E-state index in [0.717, 1.165) is 5.56 Å². The topological polar surface area (TPSA) is 61.4 Å². The van der Waals surface area contributed by atoms with Crippen LogP contribution in [0.4, 0.5) is 0 Å². The van der Waals surface area contributed by atoms with E-state index in [1.54, 1.807) is 31.5 Å². The summed E-state index contributed by atoms with van der Waals surface area (Å²) in [6.07, 6.45) is 3.43. The van der Waals surface area contributed by atoms with Crippen molar-refractivity contribution in [1.82, 2.24) is 4.57 Å². The van der Waals surface area contributed by atoms with E-state index in [9.17, 15) is 9.59 Å². The van der Waals surface area contributed by atoms with Crippen molar-refractivity contribution < 1.29 is 13.9 Å². The first kappa shape index (κ1) is 13.1. The fourth-order valence-corrected chi connectivity index (χ4v) is 1.74. The second-order valence-corrected chi connectivity index (χ2v) is 3.98. The highest BCUT2D eigenvalue weighted by Gasteiger charge is 2.06. The molecule has 0 saturated heterocycles. The van der Waals surface area contributed by atoms with Crippen molar-refractivity contribution in [2.75, 3.05) is 6.61 Å². The third-order valence-corrected chi connectivity index (χ3v) is 2.65. The fraction of sp³-hybridized carbons (Fsp3) is 0.286.